The zero-order valence-corrected chi connectivity index (χ0v) is 57.2. The molecular formula is C76H96N4Na2O4. The van der Waals surface area contributed by atoms with Gasteiger partial charge in [-0.25, -0.2) is 29.5 Å². The molecule has 10 heteroatoms. The number of carbonyl (C=O) groups is 2. The Labute approximate surface area is 561 Å². The molecule has 4 heterocycles. The van der Waals surface area contributed by atoms with Gasteiger partial charge in [-0.2, -0.15) is 0 Å². The number of unbranched alkanes of at least 4 members (excludes halogenated alkanes) is 20. The van der Waals surface area contributed by atoms with Crippen molar-refractivity contribution < 1.29 is 81.8 Å². The number of nitrogens with zero attached hydrogens (tertiary/aromatic N) is 4. The second-order valence-corrected chi connectivity index (χ2v) is 23.0. The summed E-state index contributed by atoms with van der Waals surface area (Å²) in [7, 11) is 0. The summed E-state index contributed by atoms with van der Waals surface area (Å²) in [5.74, 6) is -2.46. The van der Waals surface area contributed by atoms with Gasteiger partial charge < -0.3 is 13.1 Å². The summed E-state index contributed by atoms with van der Waals surface area (Å²) in [5, 5.41) is 22.3. The molecule has 9 aromatic rings. The number of aromatic carboxylic acids is 2. The molecule has 4 aromatic heterocycles. The van der Waals surface area contributed by atoms with Crippen molar-refractivity contribution >= 4 is 55.6 Å². The first kappa shape index (κ1) is 71.4. The minimum Gasteiger partial charge on any atom is -1.00 e. The van der Waals surface area contributed by atoms with Crippen LogP contribution in [0.15, 0.2) is 146 Å². The Bertz CT molecular complexity index is 3070. The molecule has 0 spiro atoms. The number of pyridine rings is 4. The second kappa shape index (κ2) is 40.3. The smallest absolute Gasteiger partial charge is 1.00 e. The van der Waals surface area contributed by atoms with Gasteiger partial charge in [0.25, 0.3) is 0 Å². The summed E-state index contributed by atoms with van der Waals surface area (Å²) in [6.45, 7) is 9.13. The number of aryl methyl sites for hydroxylation is 4. The molecule has 446 valence electrons. The van der Waals surface area contributed by atoms with E-state index in [9.17, 15) is 9.59 Å². The topological polar surface area (TPSA) is 126 Å². The summed E-state index contributed by atoms with van der Waals surface area (Å²) >= 11 is 0. The zero-order valence-electron chi connectivity index (χ0n) is 55.2. The standard InChI is InChI=1S/2C34H44N2.C8H6O4.2Na.2H/c2*1-3-5-7-9-11-13-19-27-25-33(35-31-23-17-15-21-29(27)31)34-26-28(20-14-12-10-8-6-4-2)30-22-16-18-24-32(30)36-34;9-7(10)5-3-1-2-4-6(5)8(11)12;;;;/h2*15-18,21-26H,3-14,19-20H2,1-2H3;1-4H,(H,9,10)(H,11,12);;;;/q;;;2*+1;2*-1. The van der Waals surface area contributed by atoms with Gasteiger partial charge in [-0.05, 0) is 134 Å². The molecule has 86 heavy (non-hydrogen) atoms. The number of hydrogen-bond acceptors (Lipinski definition) is 6. The fourth-order valence-corrected chi connectivity index (χ4v) is 11.6. The number of carboxylic acids is 2. The molecule has 0 saturated heterocycles. The van der Waals surface area contributed by atoms with Crippen LogP contribution < -0.4 is 59.1 Å². The van der Waals surface area contributed by atoms with E-state index >= 15 is 0 Å². The van der Waals surface area contributed by atoms with Crippen LogP contribution in [0.3, 0.4) is 0 Å². The van der Waals surface area contributed by atoms with Gasteiger partial charge in [0.2, 0.25) is 0 Å². The first-order valence-corrected chi connectivity index (χ1v) is 32.3. The Balaban J connectivity index is 0.000000373. The minimum absolute atomic E-state index is 0. The molecule has 0 aliphatic carbocycles. The van der Waals surface area contributed by atoms with Crippen LogP contribution >= 0.6 is 0 Å². The van der Waals surface area contributed by atoms with Crippen LogP contribution in [0.1, 0.15) is 228 Å². The quantitative estimate of drug-likeness (QED) is 0.0315. The van der Waals surface area contributed by atoms with Crippen molar-refractivity contribution in [3.05, 3.63) is 179 Å². The Hall–Kier alpha value is -5.32. The minimum atomic E-state index is -1.23. The van der Waals surface area contributed by atoms with Crippen molar-refractivity contribution in [2.75, 3.05) is 0 Å². The molecule has 0 aliphatic heterocycles. The van der Waals surface area contributed by atoms with Gasteiger partial charge in [0, 0.05) is 21.5 Å². The summed E-state index contributed by atoms with van der Waals surface area (Å²) in [5.41, 5.74) is 13.7. The summed E-state index contributed by atoms with van der Waals surface area (Å²) in [4.78, 5) is 41.3. The molecule has 5 aromatic carbocycles. The maximum atomic E-state index is 10.5. The SMILES string of the molecule is CCCCCCCCc1cc(-c2cc(CCCCCCCC)c3ccccc3n2)nc2ccccc12.CCCCCCCCc1cc(-c2cc(CCCCCCCC)c3ccccc3n2)nc2ccccc12.O=C(O)c1ccccc1C(=O)O.[H-].[H-].[Na+].[Na+]. The molecule has 9 rings (SSSR count). The van der Waals surface area contributed by atoms with Crippen LogP contribution in [0.2, 0.25) is 0 Å². The van der Waals surface area contributed by atoms with E-state index in [2.05, 4.69) is 149 Å². The maximum absolute atomic E-state index is 10.5. The number of fused-ring (bicyclic) bond motifs is 4. The zero-order chi connectivity index (χ0) is 59.1. The molecule has 8 nitrogen and oxygen atoms in total. The molecule has 0 bridgehead atoms. The van der Waals surface area contributed by atoms with Crippen molar-refractivity contribution in [2.24, 2.45) is 0 Å². The fraction of sp³-hybridized carbons (Fsp3) is 0.421. The Morgan fingerprint density at radius 1 is 0.302 bits per heavy atom. The molecule has 0 radical (unpaired) electrons. The molecule has 0 unspecified atom stereocenters. The van der Waals surface area contributed by atoms with Crippen molar-refractivity contribution in [1.82, 2.24) is 19.9 Å². The van der Waals surface area contributed by atoms with Gasteiger partial charge in [-0.3, -0.25) is 0 Å². The summed E-state index contributed by atoms with van der Waals surface area (Å²) < 4.78 is 0. The Kier molecular flexibility index (Phi) is 33.4. The number of para-hydroxylation sites is 4. The van der Waals surface area contributed by atoms with E-state index in [-0.39, 0.29) is 73.1 Å². The van der Waals surface area contributed by atoms with E-state index in [4.69, 9.17) is 30.1 Å². The van der Waals surface area contributed by atoms with Gasteiger partial charge in [0.15, 0.2) is 0 Å². The molecule has 0 atom stereocenters. The van der Waals surface area contributed by atoms with Gasteiger partial charge in [0.1, 0.15) is 0 Å². The number of carboxylic acid groups (broad SMARTS) is 2. The monoisotopic (exact) mass is 1170 g/mol. The van der Waals surface area contributed by atoms with E-state index in [1.54, 1.807) is 0 Å². The third kappa shape index (κ3) is 22.4. The second-order valence-electron chi connectivity index (χ2n) is 23.0. The van der Waals surface area contributed by atoms with Crippen LogP contribution in [0.4, 0.5) is 0 Å². The maximum Gasteiger partial charge on any atom is 1.00 e. The van der Waals surface area contributed by atoms with Crippen LogP contribution in [0.5, 0.6) is 0 Å². The van der Waals surface area contributed by atoms with E-state index in [0.29, 0.717) is 0 Å². The number of benzene rings is 5. The van der Waals surface area contributed by atoms with E-state index in [1.165, 1.54) is 222 Å². The summed E-state index contributed by atoms with van der Waals surface area (Å²) in [6.07, 6.45) is 36.1. The van der Waals surface area contributed by atoms with Crippen LogP contribution in [0, 0.1) is 0 Å². The predicted octanol–water partition coefficient (Wildman–Crippen LogP) is 15.8. The predicted molar refractivity (Wildman–Crippen MR) is 356 cm³/mol. The van der Waals surface area contributed by atoms with Crippen molar-refractivity contribution in [3.63, 3.8) is 0 Å². The fourth-order valence-electron chi connectivity index (χ4n) is 11.6. The largest absolute Gasteiger partial charge is 1.00 e. The number of hydrogen-bond donors (Lipinski definition) is 2. The third-order valence-corrected chi connectivity index (χ3v) is 16.3. The van der Waals surface area contributed by atoms with Crippen molar-refractivity contribution in [1.29, 1.82) is 0 Å². The first-order chi connectivity index (χ1) is 41.2. The third-order valence-electron chi connectivity index (χ3n) is 16.3. The van der Waals surface area contributed by atoms with Crippen LogP contribution in [-0.2, 0) is 25.7 Å². The summed E-state index contributed by atoms with van der Waals surface area (Å²) in [6, 6.07) is 49.3. The molecule has 0 saturated carbocycles. The Morgan fingerprint density at radius 3 is 0.721 bits per heavy atom. The number of rotatable bonds is 32. The van der Waals surface area contributed by atoms with Gasteiger partial charge >= 0.3 is 71.1 Å². The Morgan fingerprint density at radius 2 is 0.500 bits per heavy atom. The average Bonchev–Trinajstić information content (AvgIpc) is 1.79. The normalized spacial score (nSPS) is 10.9. The molecule has 2 N–H and O–H groups in total. The van der Waals surface area contributed by atoms with Crippen molar-refractivity contribution in [3.8, 4) is 22.8 Å². The molecule has 0 aliphatic rings. The van der Waals surface area contributed by atoms with E-state index in [1.807, 2.05) is 0 Å². The van der Waals surface area contributed by atoms with Crippen LogP contribution in [0.25, 0.3) is 66.4 Å². The van der Waals surface area contributed by atoms with Crippen LogP contribution in [-0.4, -0.2) is 42.1 Å². The van der Waals surface area contributed by atoms with E-state index in [0.717, 1.165) is 70.5 Å². The molecule has 0 fully saturated rings. The first-order valence-electron chi connectivity index (χ1n) is 32.3. The average molecular weight is 1180 g/mol. The van der Waals surface area contributed by atoms with Gasteiger partial charge in [-0.1, -0.05) is 241 Å². The molecule has 0 amide bonds. The molecular weight excluding hydrogens is 1080 g/mol. The van der Waals surface area contributed by atoms with Gasteiger partial charge in [0.05, 0.1) is 56.0 Å². The number of aromatic nitrogens is 4. The van der Waals surface area contributed by atoms with Gasteiger partial charge in [-0.15, -0.1) is 0 Å². The van der Waals surface area contributed by atoms with Crippen molar-refractivity contribution in [2.45, 2.75) is 207 Å². The van der Waals surface area contributed by atoms with E-state index < -0.39 is 11.9 Å².